The summed E-state index contributed by atoms with van der Waals surface area (Å²) in [5.41, 5.74) is -1.94. The lowest BCUT2D eigenvalue weighted by atomic mass is 9.85. The number of ether oxygens (including phenoxy) is 1. The van der Waals surface area contributed by atoms with Crippen LogP contribution in [0, 0.1) is 0 Å². The van der Waals surface area contributed by atoms with Crippen molar-refractivity contribution in [1.29, 1.82) is 0 Å². The molecule has 100 valence electrons. The molecule has 0 aromatic heterocycles. The lowest BCUT2D eigenvalue weighted by molar-refractivity contribution is -0.137. The van der Waals surface area contributed by atoms with Gasteiger partial charge in [0.2, 0.25) is 0 Å². The van der Waals surface area contributed by atoms with Crippen molar-refractivity contribution in [3.05, 3.63) is 34.3 Å². The molecule has 0 saturated carbocycles. The lowest BCUT2D eigenvalue weighted by Gasteiger charge is -2.33. The first-order chi connectivity index (χ1) is 8.33. The summed E-state index contributed by atoms with van der Waals surface area (Å²) >= 11 is 5.54. The number of benzene rings is 1. The van der Waals surface area contributed by atoms with Crippen molar-refractivity contribution in [3.63, 3.8) is 0 Å². The Labute approximate surface area is 107 Å². The van der Waals surface area contributed by atoms with Crippen LogP contribution in [-0.2, 0) is 16.5 Å². The Bertz CT molecular complexity index is 439. The third-order valence-corrected chi connectivity index (χ3v) is 3.46. The molecule has 0 radical (unpaired) electrons. The van der Waals surface area contributed by atoms with Crippen molar-refractivity contribution >= 4 is 11.6 Å². The van der Waals surface area contributed by atoms with Crippen molar-refractivity contribution in [2.24, 2.45) is 0 Å². The highest BCUT2D eigenvalue weighted by molar-refractivity contribution is 6.31. The molecule has 1 aliphatic rings. The highest BCUT2D eigenvalue weighted by atomic mass is 35.5. The molecule has 18 heavy (non-hydrogen) atoms. The van der Waals surface area contributed by atoms with Crippen LogP contribution in [0.2, 0.25) is 5.02 Å². The van der Waals surface area contributed by atoms with Gasteiger partial charge in [0.15, 0.2) is 0 Å². The number of rotatable bonds is 1. The van der Waals surface area contributed by atoms with E-state index in [2.05, 4.69) is 0 Å². The zero-order valence-corrected chi connectivity index (χ0v) is 10.2. The van der Waals surface area contributed by atoms with E-state index in [1.165, 1.54) is 12.1 Å². The second-order valence-corrected chi connectivity index (χ2v) is 4.74. The molecular formula is C12H12ClF3O2. The molecule has 1 fully saturated rings. The molecule has 2 rings (SSSR count). The van der Waals surface area contributed by atoms with E-state index in [-0.39, 0.29) is 23.4 Å². The van der Waals surface area contributed by atoms with Crippen LogP contribution in [-0.4, -0.2) is 18.3 Å². The molecule has 1 heterocycles. The van der Waals surface area contributed by atoms with Crippen molar-refractivity contribution in [2.45, 2.75) is 24.6 Å². The maximum absolute atomic E-state index is 12.7. The SMILES string of the molecule is OC1(c2ccc(Cl)c(C(F)(F)F)c2)CCOCC1. The minimum Gasteiger partial charge on any atom is -0.385 e. The molecule has 0 unspecified atom stereocenters. The van der Waals surface area contributed by atoms with Crippen LogP contribution in [0.15, 0.2) is 18.2 Å². The van der Waals surface area contributed by atoms with E-state index in [0.29, 0.717) is 13.2 Å². The predicted octanol–water partition coefficient (Wildman–Crippen LogP) is 3.36. The van der Waals surface area contributed by atoms with E-state index < -0.39 is 17.3 Å². The van der Waals surface area contributed by atoms with E-state index in [1.807, 2.05) is 0 Å². The van der Waals surface area contributed by atoms with Crippen molar-refractivity contribution in [3.8, 4) is 0 Å². The number of hydrogen-bond donors (Lipinski definition) is 1. The Hall–Kier alpha value is -0.780. The van der Waals surface area contributed by atoms with Gasteiger partial charge >= 0.3 is 6.18 Å². The van der Waals surface area contributed by atoms with Gasteiger partial charge in [-0.05, 0) is 17.7 Å². The molecule has 1 N–H and O–H groups in total. The number of hydrogen-bond acceptors (Lipinski definition) is 2. The standard InChI is InChI=1S/C12H12ClF3O2/c13-10-2-1-8(7-9(10)12(14,15)16)11(17)3-5-18-6-4-11/h1-2,7,17H,3-6H2. The maximum atomic E-state index is 12.7. The normalized spacial score (nSPS) is 19.8. The summed E-state index contributed by atoms with van der Waals surface area (Å²) in [4.78, 5) is 0. The Balaban J connectivity index is 2.40. The molecule has 6 heteroatoms. The summed E-state index contributed by atoms with van der Waals surface area (Å²) in [5.74, 6) is 0. The summed E-state index contributed by atoms with van der Waals surface area (Å²) in [6.07, 6.45) is -3.95. The Morgan fingerprint density at radius 3 is 2.39 bits per heavy atom. The third kappa shape index (κ3) is 2.63. The quantitative estimate of drug-likeness (QED) is 0.855. The van der Waals surface area contributed by atoms with Gasteiger partial charge in [-0.2, -0.15) is 13.2 Å². The topological polar surface area (TPSA) is 29.5 Å². The molecule has 1 aromatic carbocycles. The fraction of sp³-hybridized carbons (Fsp3) is 0.500. The van der Waals surface area contributed by atoms with Crippen LogP contribution < -0.4 is 0 Å². The molecule has 0 spiro atoms. The van der Waals surface area contributed by atoms with Crippen LogP contribution in [0.4, 0.5) is 13.2 Å². The average Bonchev–Trinajstić information content (AvgIpc) is 2.28. The van der Waals surface area contributed by atoms with E-state index in [4.69, 9.17) is 16.3 Å². The zero-order valence-electron chi connectivity index (χ0n) is 9.43. The first-order valence-electron chi connectivity index (χ1n) is 5.50. The monoisotopic (exact) mass is 280 g/mol. The van der Waals surface area contributed by atoms with Gasteiger partial charge in [-0.25, -0.2) is 0 Å². The molecule has 0 bridgehead atoms. The van der Waals surface area contributed by atoms with Gasteiger partial charge in [0.25, 0.3) is 0 Å². The average molecular weight is 281 g/mol. The summed E-state index contributed by atoms with van der Waals surface area (Å²) in [7, 11) is 0. The van der Waals surface area contributed by atoms with Crippen molar-refractivity contribution in [1.82, 2.24) is 0 Å². The van der Waals surface area contributed by atoms with Gasteiger partial charge in [-0.1, -0.05) is 17.7 Å². The molecule has 1 saturated heterocycles. The Morgan fingerprint density at radius 2 is 1.83 bits per heavy atom. The third-order valence-electron chi connectivity index (χ3n) is 3.13. The van der Waals surface area contributed by atoms with Crippen LogP contribution >= 0.6 is 11.6 Å². The van der Waals surface area contributed by atoms with Crippen molar-refractivity contribution < 1.29 is 23.0 Å². The summed E-state index contributed by atoms with van der Waals surface area (Å²) < 4.78 is 43.3. The van der Waals surface area contributed by atoms with E-state index >= 15 is 0 Å². The smallest absolute Gasteiger partial charge is 0.385 e. The number of halogens is 4. The minimum absolute atomic E-state index is 0.238. The first-order valence-corrected chi connectivity index (χ1v) is 5.88. The zero-order chi connectivity index (χ0) is 13.4. The summed E-state index contributed by atoms with van der Waals surface area (Å²) in [6, 6.07) is 3.53. The Kier molecular flexibility index (Phi) is 3.58. The molecule has 0 aliphatic carbocycles. The Morgan fingerprint density at radius 1 is 1.22 bits per heavy atom. The second-order valence-electron chi connectivity index (χ2n) is 4.34. The van der Waals surface area contributed by atoms with Crippen LogP contribution in [0.1, 0.15) is 24.0 Å². The summed E-state index contributed by atoms with van der Waals surface area (Å²) in [5, 5.41) is 9.97. The molecular weight excluding hydrogens is 269 g/mol. The maximum Gasteiger partial charge on any atom is 0.417 e. The molecule has 1 aliphatic heterocycles. The second kappa shape index (κ2) is 4.72. The number of aliphatic hydroxyl groups is 1. The van der Waals surface area contributed by atoms with Crippen LogP contribution in [0.5, 0.6) is 0 Å². The molecule has 1 aromatic rings. The minimum atomic E-state index is -4.52. The lowest BCUT2D eigenvalue weighted by Crippen LogP contribution is -2.33. The van der Waals surface area contributed by atoms with Gasteiger partial charge in [0.05, 0.1) is 16.2 Å². The highest BCUT2D eigenvalue weighted by Gasteiger charge is 2.37. The van der Waals surface area contributed by atoms with Gasteiger partial charge in [-0.15, -0.1) is 0 Å². The predicted molar refractivity (Wildman–Crippen MR) is 60.4 cm³/mol. The van der Waals surface area contributed by atoms with Gasteiger partial charge in [0.1, 0.15) is 0 Å². The van der Waals surface area contributed by atoms with E-state index in [0.717, 1.165) is 6.07 Å². The fourth-order valence-electron chi connectivity index (χ4n) is 2.03. The largest absolute Gasteiger partial charge is 0.417 e. The van der Waals surface area contributed by atoms with Gasteiger partial charge < -0.3 is 9.84 Å². The molecule has 2 nitrogen and oxygen atoms in total. The van der Waals surface area contributed by atoms with Crippen molar-refractivity contribution in [2.75, 3.05) is 13.2 Å². The van der Waals surface area contributed by atoms with Gasteiger partial charge in [0, 0.05) is 26.1 Å². The van der Waals surface area contributed by atoms with Crippen LogP contribution in [0.3, 0.4) is 0 Å². The van der Waals surface area contributed by atoms with Gasteiger partial charge in [-0.3, -0.25) is 0 Å². The van der Waals surface area contributed by atoms with E-state index in [1.54, 1.807) is 0 Å². The molecule has 0 amide bonds. The first kappa shape index (κ1) is 13.6. The summed E-state index contributed by atoms with van der Waals surface area (Å²) in [6.45, 7) is 0.668. The van der Waals surface area contributed by atoms with E-state index in [9.17, 15) is 18.3 Å². The highest BCUT2D eigenvalue weighted by Crippen LogP contribution is 2.39. The van der Waals surface area contributed by atoms with Crippen LogP contribution in [0.25, 0.3) is 0 Å². The molecule has 0 atom stereocenters. The fourth-order valence-corrected chi connectivity index (χ4v) is 2.25. The number of alkyl halides is 3.